The number of hydrogen-bond acceptors (Lipinski definition) is 8. The number of carbonyl (C=O) groups is 3. The highest BCUT2D eigenvalue weighted by Gasteiger charge is 2.34. The summed E-state index contributed by atoms with van der Waals surface area (Å²) in [5, 5.41) is 17.6. The topological polar surface area (TPSA) is 153 Å². The molecule has 4 aromatic rings. The highest BCUT2D eigenvalue weighted by molar-refractivity contribution is 9.10. The van der Waals surface area contributed by atoms with Gasteiger partial charge in [0, 0.05) is 40.9 Å². The number of benzene rings is 2. The van der Waals surface area contributed by atoms with Crippen LogP contribution in [0.2, 0.25) is 0 Å². The second-order valence-corrected chi connectivity index (χ2v) is 10.7. The maximum atomic E-state index is 13.6. The maximum absolute atomic E-state index is 13.6. The number of nitrogens with zero attached hydrogens (tertiary/aromatic N) is 4. The van der Waals surface area contributed by atoms with E-state index in [-0.39, 0.29) is 16.0 Å². The zero-order valence-corrected chi connectivity index (χ0v) is 23.5. The Morgan fingerprint density at radius 1 is 1.10 bits per heavy atom. The van der Waals surface area contributed by atoms with Crippen molar-refractivity contribution in [2.24, 2.45) is 5.73 Å². The van der Waals surface area contributed by atoms with E-state index in [4.69, 9.17) is 10.5 Å². The summed E-state index contributed by atoms with van der Waals surface area (Å²) in [6.45, 7) is 1.50. The summed E-state index contributed by atoms with van der Waals surface area (Å²) in [6.07, 6.45) is 0.615. The first-order valence-electron chi connectivity index (χ1n) is 12.3. The van der Waals surface area contributed by atoms with Gasteiger partial charge in [-0.15, -0.1) is 11.8 Å². The highest BCUT2D eigenvalue weighted by atomic mass is 79.9. The van der Waals surface area contributed by atoms with Crippen LogP contribution in [0.1, 0.15) is 32.6 Å². The van der Waals surface area contributed by atoms with Gasteiger partial charge in [-0.25, -0.2) is 9.48 Å². The molecule has 0 radical (unpaired) electrons. The van der Waals surface area contributed by atoms with Gasteiger partial charge in [0.05, 0.1) is 23.2 Å². The molecular formula is C27H25BrN6O5S. The van der Waals surface area contributed by atoms with E-state index in [2.05, 4.69) is 31.3 Å². The molecule has 11 nitrogen and oxygen atoms in total. The van der Waals surface area contributed by atoms with Gasteiger partial charge in [0.1, 0.15) is 5.82 Å². The van der Waals surface area contributed by atoms with Crippen LogP contribution in [0.4, 0.5) is 5.82 Å². The predicted molar refractivity (Wildman–Crippen MR) is 153 cm³/mol. The molecule has 2 aromatic carbocycles. The Labute approximate surface area is 241 Å². The van der Waals surface area contributed by atoms with Gasteiger partial charge in [0.2, 0.25) is 0 Å². The van der Waals surface area contributed by atoms with Crippen LogP contribution in [0, 0.1) is 0 Å². The number of rotatable bonds is 9. The first-order valence-corrected chi connectivity index (χ1v) is 14.1. The van der Waals surface area contributed by atoms with Crippen LogP contribution in [0.5, 0.6) is 0 Å². The minimum Gasteiger partial charge on any atom is -0.476 e. The van der Waals surface area contributed by atoms with Gasteiger partial charge in [0.25, 0.3) is 11.8 Å². The van der Waals surface area contributed by atoms with Crippen LogP contribution >= 0.6 is 27.7 Å². The minimum atomic E-state index is -1.33. The monoisotopic (exact) mass is 624 g/mol. The molecule has 1 atom stereocenters. The lowest BCUT2D eigenvalue weighted by Crippen LogP contribution is -2.47. The molecule has 4 N–H and O–H groups in total. The summed E-state index contributed by atoms with van der Waals surface area (Å²) in [5.74, 6) is -2.07. The van der Waals surface area contributed by atoms with Crippen LogP contribution in [0.25, 0.3) is 10.9 Å². The second kappa shape index (κ2) is 12.2. The molecule has 2 aromatic heterocycles. The Balaban J connectivity index is 1.45. The average Bonchev–Trinajstić information content (AvgIpc) is 3.27. The van der Waals surface area contributed by atoms with Gasteiger partial charge in [-0.2, -0.15) is 5.10 Å². The number of carboxylic acids is 1. The number of para-hydroxylation sites is 1. The van der Waals surface area contributed by atoms with Crippen molar-refractivity contribution in [3.05, 3.63) is 82.1 Å². The Kier molecular flexibility index (Phi) is 8.45. The largest absolute Gasteiger partial charge is 0.476 e. The zero-order valence-electron chi connectivity index (χ0n) is 21.1. The fraction of sp³-hybridized carbons (Fsp3) is 0.222. The van der Waals surface area contributed by atoms with Crippen molar-refractivity contribution in [2.75, 3.05) is 31.6 Å². The van der Waals surface area contributed by atoms with Crippen LogP contribution in [0.15, 0.2) is 70.2 Å². The smallest absolute Gasteiger partial charge is 0.357 e. The molecule has 1 saturated heterocycles. The first kappa shape index (κ1) is 27.8. The fourth-order valence-corrected chi connectivity index (χ4v) is 6.08. The third-order valence-corrected chi connectivity index (χ3v) is 8.25. The number of amides is 2. The third-order valence-electron chi connectivity index (χ3n) is 6.41. The van der Waals surface area contributed by atoms with Gasteiger partial charge >= 0.3 is 5.97 Å². The van der Waals surface area contributed by atoms with Gasteiger partial charge in [-0.1, -0.05) is 36.4 Å². The van der Waals surface area contributed by atoms with Gasteiger partial charge in [-0.05, 0) is 39.7 Å². The number of primary amides is 1. The summed E-state index contributed by atoms with van der Waals surface area (Å²) < 4.78 is 6.55. The fourth-order valence-electron chi connectivity index (χ4n) is 4.51. The minimum absolute atomic E-state index is 0.0124. The average molecular weight is 626 g/mol. The van der Waals surface area contributed by atoms with Crippen molar-refractivity contribution in [3.63, 3.8) is 0 Å². The molecule has 1 aliphatic heterocycles. The Morgan fingerprint density at radius 3 is 2.60 bits per heavy atom. The Hall–Kier alpha value is -3.78. The molecular weight excluding hydrogens is 600 g/mol. The SMILES string of the molecule is NC(=O)C(N1CCOCC1)n1nc(C(=O)O)c(Br)c1NC(=O)c1ccccc1CSc1cccc2cccnc12. The molecule has 1 unspecified atom stereocenters. The lowest BCUT2D eigenvalue weighted by atomic mass is 10.1. The predicted octanol–water partition coefficient (Wildman–Crippen LogP) is 3.75. The van der Waals surface area contributed by atoms with Crippen LogP contribution < -0.4 is 11.1 Å². The number of pyridine rings is 1. The lowest BCUT2D eigenvalue weighted by Gasteiger charge is -2.33. The number of aromatic carboxylic acids is 1. The second-order valence-electron chi connectivity index (χ2n) is 8.92. The number of hydrogen-bond donors (Lipinski definition) is 3. The molecule has 0 spiro atoms. The molecule has 0 bridgehead atoms. The number of fused-ring (bicyclic) bond motifs is 1. The summed E-state index contributed by atoms with van der Waals surface area (Å²) in [5.41, 5.74) is 7.41. The summed E-state index contributed by atoms with van der Waals surface area (Å²) in [7, 11) is 0. The third kappa shape index (κ3) is 5.72. The molecule has 0 aliphatic carbocycles. The van der Waals surface area contributed by atoms with E-state index in [1.807, 2.05) is 42.5 Å². The number of morpholine rings is 1. The van der Waals surface area contributed by atoms with E-state index in [0.29, 0.717) is 37.6 Å². The number of nitrogens with two attached hydrogens (primary N) is 1. The Morgan fingerprint density at radius 2 is 1.85 bits per heavy atom. The van der Waals surface area contributed by atoms with E-state index in [0.717, 1.165) is 26.0 Å². The van der Waals surface area contributed by atoms with Gasteiger partial charge in [-0.3, -0.25) is 19.5 Å². The zero-order chi connectivity index (χ0) is 28.2. The van der Waals surface area contributed by atoms with Gasteiger partial charge in [0.15, 0.2) is 11.9 Å². The van der Waals surface area contributed by atoms with E-state index in [9.17, 15) is 19.5 Å². The van der Waals surface area contributed by atoms with Gasteiger partial charge < -0.3 is 20.9 Å². The normalized spacial score (nSPS) is 14.6. The molecule has 13 heteroatoms. The number of halogens is 1. The van der Waals surface area contributed by atoms with Crippen molar-refractivity contribution in [1.29, 1.82) is 0 Å². The van der Waals surface area contributed by atoms with Crippen LogP contribution in [0.3, 0.4) is 0 Å². The molecule has 40 heavy (non-hydrogen) atoms. The number of aromatic nitrogens is 3. The van der Waals surface area contributed by atoms with Crippen LogP contribution in [-0.4, -0.2) is 68.9 Å². The molecule has 3 heterocycles. The number of carboxylic acid groups (broad SMARTS) is 1. The molecule has 206 valence electrons. The van der Waals surface area contributed by atoms with Crippen molar-refractivity contribution in [2.45, 2.75) is 16.8 Å². The lowest BCUT2D eigenvalue weighted by molar-refractivity contribution is -0.129. The molecule has 1 aliphatic rings. The number of nitrogens with one attached hydrogen (secondary N) is 1. The maximum Gasteiger partial charge on any atom is 0.357 e. The molecule has 2 amide bonds. The van der Waals surface area contributed by atoms with E-state index < -0.39 is 23.9 Å². The van der Waals surface area contributed by atoms with E-state index in [1.165, 1.54) is 0 Å². The van der Waals surface area contributed by atoms with Crippen molar-refractivity contribution in [3.8, 4) is 0 Å². The molecule has 5 rings (SSSR count). The quantitative estimate of drug-likeness (QED) is 0.236. The van der Waals surface area contributed by atoms with Crippen molar-refractivity contribution in [1.82, 2.24) is 19.7 Å². The number of anilines is 1. The first-order chi connectivity index (χ1) is 19.3. The van der Waals surface area contributed by atoms with E-state index >= 15 is 0 Å². The summed E-state index contributed by atoms with van der Waals surface area (Å²) in [6, 6.07) is 17.0. The van der Waals surface area contributed by atoms with Crippen molar-refractivity contribution < 1.29 is 24.2 Å². The molecule has 0 saturated carbocycles. The number of thioether (sulfide) groups is 1. The number of ether oxygens (including phenoxy) is 1. The van der Waals surface area contributed by atoms with E-state index in [1.54, 1.807) is 35.0 Å². The molecule has 1 fully saturated rings. The Bertz CT molecular complexity index is 1580. The van der Waals surface area contributed by atoms with Crippen LogP contribution in [-0.2, 0) is 15.3 Å². The number of carbonyl (C=O) groups excluding carboxylic acids is 2. The standard InChI is InChI=1S/C27H25BrN6O5S/c28-20-22(27(37)38)32-34(26(23(29)35)33-11-13-39-14-12-33)24(20)31-25(36)18-8-2-1-5-17(18)15-40-19-9-3-6-16-7-4-10-30-21(16)19/h1-10,26H,11-15H2,(H2,29,35)(H,31,36)(H,37,38). The van der Waals surface area contributed by atoms with Crippen molar-refractivity contribution >= 4 is 62.2 Å². The highest BCUT2D eigenvalue weighted by Crippen LogP contribution is 2.33. The summed E-state index contributed by atoms with van der Waals surface area (Å²) >= 11 is 4.82. The summed E-state index contributed by atoms with van der Waals surface area (Å²) in [4.78, 5) is 45.3.